The first-order valence-electron chi connectivity index (χ1n) is 6.50. The third kappa shape index (κ3) is 7.28. The van der Waals surface area contributed by atoms with Gasteiger partial charge in [-0.3, -0.25) is 4.79 Å². The van der Waals surface area contributed by atoms with Crippen LogP contribution in [0.3, 0.4) is 0 Å². The summed E-state index contributed by atoms with van der Waals surface area (Å²) in [6.45, 7) is 11.4. The van der Waals surface area contributed by atoms with Gasteiger partial charge in [-0.1, -0.05) is 26.0 Å². The molecule has 0 saturated heterocycles. The second-order valence-electron chi connectivity index (χ2n) is 5.07. The fourth-order valence-electron chi connectivity index (χ4n) is 1.27. The third-order valence-electron chi connectivity index (χ3n) is 3.04. The molecule has 3 nitrogen and oxygen atoms in total. The Morgan fingerprint density at radius 3 is 2.67 bits per heavy atom. The van der Waals surface area contributed by atoms with E-state index in [1.165, 1.54) is 0 Å². The summed E-state index contributed by atoms with van der Waals surface area (Å²) in [5, 5.41) is 9.73. The van der Waals surface area contributed by atoms with E-state index in [-0.39, 0.29) is 11.9 Å². The molecule has 0 spiro atoms. The van der Waals surface area contributed by atoms with E-state index in [1.54, 1.807) is 13.0 Å². The van der Waals surface area contributed by atoms with Crippen LogP contribution in [0.15, 0.2) is 24.3 Å². The highest BCUT2D eigenvalue weighted by Crippen LogP contribution is 2.14. The van der Waals surface area contributed by atoms with E-state index in [1.807, 2.05) is 26.8 Å². The minimum atomic E-state index is -0.829. The predicted molar refractivity (Wildman–Crippen MR) is 74.2 cm³/mol. The van der Waals surface area contributed by atoms with Gasteiger partial charge in [0.25, 0.3) is 0 Å². The summed E-state index contributed by atoms with van der Waals surface area (Å²) in [4.78, 5) is 11.5. The summed E-state index contributed by atoms with van der Waals surface area (Å²) in [7, 11) is 0. The molecule has 2 unspecified atom stereocenters. The van der Waals surface area contributed by atoms with Gasteiger partial charge in [0.05, 0.1) is 11.5 Å². The zero-order valence-electron chi connectivity index (χ0n) is 12.0. The molecule has 0 bridgehead atoms. The van der Waals surface area contributed by atoms with E-state index >= 15 is 0 Å². The molecule has 0 aliphatic carbocycles. The first kappa shape index (κ1) is 16.9. The monoisotopic (exact) mass is 254 g/mol. The Balaban J connectivity index is 3.99. The van der Waals surface area contributed by atoms with Gasteiger partial charge in [0, 0.05) is 0 Å². The molecule has 0 aromatic rings. The zero-order valence-corrected chi connectivity index (χ0v) is 12.0. The van der Waals surface area contributed by atoms with E-state index in [2.05, 4.69) is 6.58 Å². The van der Waals surface area contributed by atoms with Crippen LogP contribution in [0.4, 0.5) is 0 Å². The molecule has 0 aliphatic rings. The maximum atomic E-state index is 11.5. The molecule has 0 radical (unpaired) electrons. The van der Waals surface area contributed by atoms with Crippen molar-refractivity contribution < 1.29 is 14.6 Å². The fraction of sp³-hybridized carbons (Fsp3) is 0.667. The van der Waals surface area contributed by atoms with E-state index in [9.17, 15) is 9.90 Å². The molecule has 0 fully saturated rings. The van der Waals surface area contributed by atoms with Crippen LogP contribution in [0.1, 0.15) is 47.0 Å². The lowest BCUT2D eigenvalue weighted by molar-refractivity contribution is -0.147. The fourth-order valence-corrected chi connectivity index (χ4v) is 1.27. The Bertz CT molecular complexity index is 303. The Kier molecular flexibility index (Phi) is 7.60. The van der Waals surface area contributed by atoms with Gasteiger partial charge in [-0.15, -0.1) is 6.58 Å². The average Bonchev–Trinajstić information content (AvgIpc) is 2.34. The van der Waals surface area contributed by atoms with Crippen molar-refractivity contribution in [1.82, 2.24) is 0 Å². The number of allylic oxidation sites excluding steroid dienone is 1. The standard InChI is InChI=1S/C15H26O3/c1-6-13(4)14(16)18-11-12(3)9-8-10-15(5,17)7-2/h7,9,13,17H,2,6,8,10-11H2,1,3-5H3. The minimum absolute atomic E-state index is 0.0423. The van der Waals surface area contributed by atoms with Crippen LogP contribution in [-0.4, -0.2) is 23.3 Å². The van der Waals surface area contributed by atoms with Gasteiger partial charge < -0.3 is 9.84 Å². The quantitative estimate of drug-likeness (QED) is 0.534. The van der Waals surface area contributed by atoms with Gasteiger partial charge in [0.2, 0.25) is 0 Å². The largest absolute Gasteiger partial charge is 0.461 e. The topological polar surface area (TPSA) is 46.5 Å². The van der Waals surface area contributed by atoms with Crippen molar-refractivity contribution in [2.75, 3.05) is 6.61 Å². The molecule has 0 saturated carbocycles. The van der Waals surface area contributed by atoms with Gasteiger partial charge in [0.15, 0.2) is 0 Å². The van der Waals surface area contributed by atoms with Gasteiger partial charge >= 0.3 is 5.97 Å². The smallest absolute Gasteiger partial charge is 0.308 e. The van der Waals surface area contributed by atoms with Gasteiger partial charge in [-0.05, 0) is 38.7 Å². The Morgan fingerprint density at radius 1 is 1.56 bits per heavy atom. The number of hydrogen-bond donors (Lipinski definition) is 1. The Hall–Kier alpha value is -1.09. The van der Waals surface area contributed by atoms with Crippen LogP contribution in [0.25, 0.3) is 0 Å². The van der Waals surface area contributed by atoms with E-state index < -0.39 is 5.60 Å². The molecule has 1 N–H and O–H groups in total. The Labute approximate surface area is 111 Å². The lowest BCUT2D eigenvalue weighted by Gasteiger charge is -2.17. The summed E-state index contributed by atoms with van der Waals surface area (Å²) in [6, 6.07) is 0. The van der Waals surface area contributed by atoms with Crippen molar-refractivity contribution in [2.24, 2.45) is 5.92 Å². The normalized spacial score (nSPS) is 16.8. The van der Waals surface area contributed by atoms with Crippen molar-refractivity contribution >= 4 is 5.97 Å². The number of ether oxygens (including phenoxy) is 1. The molecule has 3 heteroatoms. The number of carbonyl (C=O) groups is 1. The highest BCUT2D eigenvalue weighted by molar-refractivity contribution is 5.72. The lowest BCUT2D eigenvalue weighted by atomic mass is 10.00. The molecule has 0 aliphatic heterocycles. The second kappa shape index (κ2) is 8.09. The van der Waals surface area contributed by atoms with Crippen molar-refractivity contribution in [3.05, 3.63) is 24.3 Å². The van der Waals surface area contributed by atoms with Crippen LogP contribution in [0.2, 0.25) is 0 Å². The Morgan fingerprint density at radius 2 is 2.17 bits per heavy atom. The lowest BCUT2D eigenvalue weighted by Crippen LogP contribution is -2.19. The predicted octanol–water partition coefficient (Wildman–Crippen LogP) is 3.24. The minimum Gasteiger partial charge on any atom is -0.461 e. The van der Waals surface area contributed by atoms with Crippen LogP contribution in [0, 0.1) is 5.92 Å². The molecular weight excluding hydrogens is 228 g/mol. The van der Waals surface area contributed by atoms with E-state index in [4.69, 9.17) is 4.74 Å². The van der Waals surface area contributed by atoms with Gasteiger partial charge in [0.1, 0.15) is 6.61 Å². The van der Waals surface area contributed by atoms with Crippen molar-refractivity contribution in [1.29, 1.82) is 0 Å². The first-order valence-corrected chi connectivity index (χ1v) is 6.50. The SMILES string of the molecule is C=CC(C)(O)CCC=C(C)COC(=O)C(C)CC. The number of hydrogen-bond acceptors (Lipinski definition) is 3. The number of carbonyl (C=O) groups excluding carboxylic acids is 1. The van der Waals surface area contributed by atoms with Crippen molar-refractivity contribution in [3.8, 4) is 0 Å². The molecule has 0 rings (SSSR count). The van der Waals surface area contributed by atoms with Gasteiger partial charge in [-0.2, -0.15) is 0 Å². The van der Waals surface area contributed by atoms with E-state index in [0.717, 1.165) is 18.4 Å². The molecule has 0 aromatic heterocycles. The average molecular weight is 254 g/mol. The van der Waals surface area contributed by atoms with Gasteiger partial charge in [-0.25, -0.2) is 0 Å². The molecule has 0 heterocycles. The molecule has 0 aromatic carbocycles. The maximum Gasteiger partial charge on any atom is 0.308 e. The highest BCUT2D eigenvalue weighted by atomic mass is 16.5. The first-order chi connectivity index (χ1) is 8.32. The second-order valence-corrected chi connectivity index (χ2v) is 5.07. The van der Waals surface area contributed by atoms with Crippen molar-refractivity contribution in [3.63, 3.8) is 0 Å². The molecular formula is C15H26O3. The third-order valence-corrected chi connectivity index (χ3v) is 3.04. The summed E-state index contributed by atoms with van der Waals surface area (Å²) in [5.41, 5.74) is 0.177. The van der Waals surface area contributed by atoms with Crippen LogP contribution >= 0.6 is 0 Å². The molecule has 18 heavy (non-hydrogen) atoms. The summed E-state index contributed by atoms with van der Waals surface area (Å²) < 4.78 is 5.18. The molecule has 104 valence electrons. The molecule has 0 amide bonds. The number of aliphatic hydroxyl groups is 1. The number of esters is 1. The van der Waals surface area contributed by atoms with Crippen LogP contribution in [0.5, 0.6) is 0 Å². The number of rotatable bonds is 8. The van der Waals surface area contributed by atoms with Crippen LogP contribution in [-0.2, 0) is 9.53 Å². The summed E-state index contributed by atoms with van der Waals surface area (Å²) in [6.07, 6.45) is 5.68. The summed E-state index contributed by atoms with van der Waals surface area (Å²) in [5.74, 6) is -0.192. The van der Waals surface area contributed by atoms with Crippen LogP contribution < -0.4 is 0 Å². The zero-order chi connectivity index (χ0) is 14.2. The summed E-state index contributed by atoms with van der Waals surface area (Å²) >= 11 is 0. The highest BCUT2D eigenvalue weighted by Gasteiger charge is 2.14. The molecule has 2 atom stereocenters. The maximum absolute atomic E-state index is 11.5. The van der Waals surface area contributed by atoms with E-state index in [0.29, 0.717) is 13.0 Å². The van der Waals surface area contributed by atoms with Crippen molar-refractivity contribution in [2.45, 2.75) is 52.6 Å².